The molecular formula is C47H66ClN5O14S2. The first kappa shape index (κ1) is 55.5. The molecular weight excluding hydrogens is 958 g/mol. The molecule has 3 N–H and O–H groups in total. The van der Waals surface area contributed by atoms with Gasteiger partial charge in [-0.3, -0.25) is 34.2 Å². The molecule has 1 aromatic carbocycles. The van der Waals surface area contributed by atoms with Gasteiger partial charge in [0.15, 0.2) is 5.72 Å². The van der Waals surface area contributed by atoms with Crippen molar-refractivity contribution >= 4 is 80.5 Å². The van der Waals surface area contributed by atoms with Crippen molar-refractivity contribution < 1.29 is 67.1 Å². The number of imide groups is 1. The van der Waals surface area contributed by atoms with E-state index in [2.05, 4.69) is 10.6 Å². The largest absolute Gasteiger partial charge is 0.495 e. The van der Waals surface area contributed by atoms with Crippen molar-refractivity contribution in [3.63, 3.8) is 0 Å². The van der Waals surface area contributed by atoms with Crippen molar-refractivity contribution in [3.05, 3.63) is 46.5 Å². The molecule has 19 nitrogen and oxygen atoms in total. The van der Waals surface area contributed by atoms with E-state index in [1.807, 2.05) is 13.0 Å². The number of alkyl carbamates (subject to hydrolysis) is 1. The SMILES string of the molecule is COc1cc2cc(c1Cl)N(C)C(=O)C[C@H](OC(=O)[C@H](C)N(C)C(=O)CCSSCCNC(=O)CCOCCN1C(=O)CC(C)C1=O)[C@]1(C)O[C@@H]1[C@H](C)[C@@H]1C[C@@](O)(NC(=O)O1)[C@H](OC)/C=C/C=C(\C)C2. The summed E-state index contributed by atoms with van der Waals surface area (Å²) in [6.45, 7) is 9.51. The zero-order valence-electron chi connectivity index (χ0n) is 40.7. The maximum Gasteiger partial charge on any atom is 0.409 e. The fourth-order valence-electron chi connectivity index (χ4n) is 8.47. The molecule has 1 unspecified atom stereocenters. The van der Waals surface area contributed by atoms with Crippen LogP contribution in [0.25, 0.3) is 0 Å². The number of likely N-dealkylation sites (N-methyl/N-ethyl adjacent to an activating group) is 1. The highest BCUT2D eigenvalue weighted by atomic mass is 35.5. The fraction of sp³-hybridized carbons (Fsp3) is 0.638. The highest BCUT2D eigenvalue weighted by Gasteiger charge is 2.64. The summed E-state index contributed by atoms with van der Waals surface area (Å²) in [4.78, 5) is 94.5. The van der Waals surface area contributed by atoms with E-state index in [4.69, 9.17) is 40.0 Å². The standard InChI is InChI=1S/C47H66ClN5O14S2/c1-27-11-10-12-35(63-9)47(61)26-34(65-45(60)50-47)29(3)42-46(5,67-42)36(25-39(56)52(7)32-23-31(21-27)24-33(62-8)41(32)48)66-44(59)30(4)51(6)38(55)14-19-68-69-20-15-49-37(54)13-17-64-18-16-53-40(57)22-28(2)43(53)58/h10-12,23-24,28-30,34-36,42,61H,13-22,25-26H2,1-9H3,(H,49,54)(H,50,60)/b12-10+,27-11+/t28?,29-,30+,34+,35-,36+,42-,46+,47+/m1/s1. The van der Waals surface area contributed by atoms with Gasteiger partial charge in [-0.15, -0.1) is 0 Å². The Kier molecular flexibility index (Phi) is 19.8. The number of hydrogen-bond acceptors (Lipinski definition) is 16. The van der Waals surface area contributed by atoms with Gasteiger partial charge < -0.3 is 48.6 Å². The molecule has 9 atom stereocenters. The van der Waals surface area contributed by atoms with Gasteiger partial charge in [-0.2, -0.15) is 0 Å². The Labute approximate surface area is 416 Å². The molecule has 4 heterocycles. The number of nitrogens with one attached hydrogen (secondary N) is 2. The quantitative estimate of drug-likeness (QED) is 0.0615. The molecule has 5 rings (SSSR count). The van der Waals surface area contributed by atoms with Crippen LogP contribution in [0.1, 0.15) is 72.3 Å². The molecule has 4 aliphatic heterocycles. The lowest BCUT2D eigenvalue weighted by molar-refractivity contribution is -0.162. The Balaban J connectivity index is 1.19. The zero-order chi connectivity index (χ0) is 50.8. The van der Waals surface area contributed by atoms with Gasteiger partial charge in [0, 0.05) is 76.8 Å². The highest BCUT2D eigenvalue weighted by Crippen LogP contribution is 2.49. The maximum absolute atomic E-state index is 14.3. The van der Waals surface area contributed by atoms with E-state index in [1.165, 1.54) is 64.5 Å². The van der Waals surface area contributed by atoms with Crippen LogP contribution < -0.4 is 20.3 Å². The van der Waals surface area contributed by atoms with Gasteiger partial charge in [-0.1, -0.05) is 70.8 Å². The number of fused-ring (bicyclic) bond motifs is 5. The van der Waals surface area contributed by atoms with Crippen molar-refractivity contribution in [2.75, 3.05) is 71.0 Å². The molecule has 22 heteroatoms. The molecule has 0 radical (unpaired) electrons. The molecule has 0 aliphatic carbocycles. The Morgan fingerprint density at radius 1 is 1.07 bits per heavy atom. The third-order valence-electron chi connectivity index (χ3n) is 12.9. The average Bonchev–Trinajstić information content (AvgIpc) is 3.94. The number of carbonyl (C=O) groups is 7. The van der Waals surface area contributed by atoms with Crippen molar-refractivity contribution in [3.8, 4) is 5.75 Å². The van der Waals surface area contributed by atoms with E-state index in [0.29, 0.717) is 35.9 Å². The van der Waals surface area contributed by atoms with Gasteiger partial charge in [0.2, 0.25) is 29.5 Å². The van der Waals surface area contributed by atoms with Gasteiger partial charge in [0.05, 0.1) is 45.1 Å². The Morgan fingerprint density at radius 3 is 2.48 bits per heavy atom. The number of benzene rings is 1. The summed E-state index contributed by atoms with van der Waals surface area (Å²) >= 11 is 6.80. The first-order chi connectivity index (χ1) is 32.6. The summed E-state index contributed by atoms with van der Waals surface area (Å²) in [7, 11) is 8.87. The Morgan fingerprint density at radius 2 is 1.80 bits per heavy atom. The number of ether oxygens (including phenoxy) is 6. The Bertz CT molecular complexity index is 2150. The molecule has 1 aromatic rings. The van der Waals surface area contributed by atoms with Crippen molar-refractivity contribution in [1.29, 1.82) is 0 Å². The molecule has 382 valence electrons. The van der Waals surface area contributed by atoms with Gasteiger partial charge in [-0.25, -0.2) is 9.59 Å². The van der Waals surface area contributed by atoms with Crippen LogP contribution in [0.4, 0.5) is 10.5 Å². The lowest BCUT2D eigenvalue weighted by Crippen LogP contribution is -2.63. The lowest BCUT2D eigenvalue weighted by Gasteiger charge is -2.42. The van der Waals surface area contributed by atoms with Crippen LogP contribution in [0.3, 0.4) is 0 Å². The number of nitrogens with zero attached hydrogens (tertiary/aromatic N) is 3. The molecule has 0 saturated carbocycles. The molecule has 3 fully saturated rings. The monoisotopic (exact) mass is 1020 g/mol. The predicted molar refractivity (Wildman–Crippen MR) is 259 cm³/mol. The number of rotatable bonds is 18. The zero-order valence-corrected chi connectivity index (χ0v) is 43.1. The van der Waals surface area contributed by atoms with E-state index in [9.17, 15) is 38.7 Å². The second-order valence-corrected chi connectivity index (χ2v) is 21.1. The van der Waals surface area contributed by atoms with E-state index in [-0.39, 0.29) is 86.4 Å². The number of allylic oxidation sites excluding steroid dienone is 3. The molecule has 69 heavy (non-hydrogen) atoms. The van der Waals surface area contributed by atoms with E-state index >= 15 is 0 Å². The average molecular weight is 1020 g/mol. The summed E-state index contributed by atoms with van der Waals surface area (Å²) in [6.07, 6.45) is 1.05. The van der Waals surface area contributed by atoms with E-state index in [0.717, 1.165) is 11.1 Å². The topological polar surface area (TPSA) is 232 Å². The summed E-state index contributed by atoms with van der Waals surface area (Å²) < 4.78 is 34.8. The van der Waals surface area contributed by atoms with Crippen LogP contribution in [-0.2, 0) is 58.9 Å². The number of likely N-dealkylation sites (tertiary alicyclic amines) is 1. The van der Waals surface area contributed by atoms with Gasteiger partial charge in [0.25, 0.3) is 0 Å². The number of hydrogen-bond donors (Lipinski definition) is 3. The van der Waals surface area contributed by atoms with E-state index < -0.39 is 65.7 Å². The summed E-state index contributed by atoms with van der Waals surface area (Å²) in [5, 5.41) is 17.3. The third-order valence-corrected chi connectivity index (χ3v) is 15.7. The molecule has 4 aliphatic rings. The van der Waals surface area contributed by atoms with Crippen LogP contribution in [0.5, 0.6) is 5.75 Å². The van der Waals surface area contributed by atoms with Crippen molar-refractivity contribution in [1.82, 2.24) is 20.4 Å². The molecule has 0 aromatic heterocycles. The summed E-state index contributed by atoms with van der Waals surface area (Å²) in [6, 6.07) is 2.50. The Hall–Kier alpha value is -4.38. The second kappa shape index (κ2) is 24.6. The first-order valence-electron chi connectivity index (χ1n) is 22.9. The summed E-state index contributed by atoms with van der Waals surface area (Å²) in [5.41, 5.74) is -1.08. The predicted octanol–water partition coefficient (Wildman–Crippen LogP) is 4.20. The number of methoxy groups -OCH3 is 2. The fourth-order valence-corrected chi connectivity index (χ4v) is 10.7. The van der Waals surface area contributed by atoms with Crippen molar-refractivity contribution in [2.45, 2.75) is 115 Å². The number of anilines is 1. The number of carbonyl (C=O) groups excluding carboxylic acids is 7. The minimum Gasteiger partial charge on any atom is -0.495 e. The van der Waals surface area contributed by atoms with Crippen LogP contribution in [0.15, 0.2) is 35.9 Å². The second-order valence-electron chi connectivity index (χ2n) is 18.0. The van der Waals surface area contributed by atoms with Crippen LogP contribution >= 0.6 is 33.2 Å². The highest BCUT2D eigenvalue weighted by molar-refractivity contribution is 8.76. The van der Waals surface area contributed by atoms with Gasteiger partial charge in [0.1, 0.15) is 40.7 Å². The van der Waals surface area contributed by atoms with Crippen molar-refractivity contribution in [2.24, 2.45) is 11.8 Å². The lowest BCUT2D eigenvalue weighted by atomic mass is 9.83. The number of amides is 6. The van der Waals surface area contributed by atoms with Crippen LogP contribution in [0.2, 0.25) is 5.02 Å². The van der Waals surface area contributed by atoms with Gasteiger partial charge >= 0.3 is 12.1 Å². The third kappa shape index (κ3) is 14.2. The molecule has 0 spiro atoms. The summed E-state index contributed by atoms with van der Waals surface area (Å²) in [5.74, 6) is -1.71. The minimum absolute atomic E-state index is 0.0815. The van der Waals surface area contributed by atoms with E-state index in [1.54, 1.807) is 52.1 Å². The number of halogens is 1. The van der Waals surface area contributed by atoms with Gasteiger partial charge in [-0.05, 0) is 44.9 Å². The minimum atomic E-state index is -1.86. The molecule has 3 saturated heterocycles. The number of epoxide rings is 1. The van der Waals surface area contributed by atoms with Crippen LogP contribution in [0, 0.1) is 11.8 Å². The van der Waals surface area contributed by atoms with Crippen LogP contribution in [-0.4, -0.2) is 164 Å². The smallest absolute Gasteiger partial charge is 0.409 e. The first-order valence-corrected chi connectivity index (χ1v) is 25.8. The normalized spacial score (nSPS) is 28.9. The number of aliphatic hydroxyl groups is 1. The number of esters is 1. The molecule has 4 bridgehead atoms. The maximum atomic E-state index is 14.3. The molecule has 6 amide bonds.